The molecule has 1 aliphatic carbocycles. The van der Waals surface area contributed by atoms with E-state index in [0.717, 1.165) is 38.4 Å². The predicted octanol–water partition coefficient (Wildman–Crippen LogP) is 6.94. The van der Waals surface area contributed by atoms with Gasteiger partial charge in [0.1, 0.15) is 0 Å². The third-order valence-corrected chi connectivity index (χ3v) is 4.96. The van der Waals surface area contributed by atoms with Crippen LogP contribution in [0.2, 0.25) is 0 Å². The summed E-state index contributed by atoms with van der Waals surface area (Å²) in [4.78, 5) is 0. The zero-order chi connectivity index (χ0) is 17.2. The largest absolute Gasteiger partial charge is 0.378 e. The van der Waals surface area contributed by atoms with E-state index in [0.29, 0.717) is 17.6 Å². The average molecular weight is 336 g/mol. The lowest BCUT2D eigenvalue weighted by Crippen LogP contribution is -2.21. The average Bonchev–Trinajstić information content (AvgIpc) is 2.59. The molecule has 1 saturated carbocycles. The highest BCUT2D eigenvalue weighted by Gasteiger charge is 2.22. The molecule has 0 atom stereocenters. The Morgan fingerprint density at radius 2 is 1.67 bits per heavy atom. The summed E-state index contributed by atoms with van der Waals surface area (Å²) in [5.41, 5.74) is 1.84. The van der Waals surface area contributed by atoms with Crippen LogP contribution in [0.25, 0.3) is 6.08 Å². The van der Waals surface area contributed by atoms with Crippen molar-refractivity contribution >= 4 is 6.08 Å². The van der Waals surface area contributed by atoms with Crippen LogP contribution in [0.3, 0.4) is 0 Å². The van der Waals surface area contributed by atoms with Crippen LogP contribution in [0.4, 0.5) is 8.78 Å². The highest BCUT2D eigenvalue weighted by atomic mass is 19.3. The SMILES string of the molecule is CCCCCCCO[C@H]1CC[C@H](c2ccc(C=C(F)F)cc2)CC1. The Morgan fingerprint density at radius 1 is 1.00 bits per heavy atom. The molecule has 1 fully saturated rings. The van der Waals surface area contributed by atoms with Crippen LogP contribution in [0.5, 0.6) is 0 Å². The van der Waals surface area contributed by atoms with Gasteiger partial charge in [-0.2, -0.15) is 8.78 Å². The van der Waals surface area contributed by atoms with E-state index in [1.807, 2.05) is 12.1 Å². The molecule has 0 bridgehead atoms. The van der Waals surface area contributed by atoms with Crippen molar-refractivity contribution in [1.82, 2.24) is 0 Å². The van der Waals surface area contributed by atoms with Crippen molar-refractivity contribution in [2.75, 3.05) is 6.61 Å². The zero-order valence-corrected chi connectivity index (χ0v) is 14.8. The molecule has 1 aliphatic rings. The Morgan fingerprint density at radius 3 is 2.29 bits per heavy atom. The summed E-state index contributed by atoms with van der Waals surface area (Å²) >= 11 is 0. The summed E-state index contributed by atoms with van der Waals surface area (Å²) in [5, 5.41) is 0. The minimum Gasteiger partial charge on any atom is -0.378 e. The van der Waals surface area contributed by atoms with E-state index >= 15 is 0 Å². The van der Waals surface area contributed by atoms with Crippen LogP contribution in [0, 0.1) is 0 Å². The van der Waals surface area contributed by atoms with Crippen molar-refractivity contribution in [1.29, 1.82) is 0 Å². The molecule has 0 saturated heterocycles. The molecule has 0 heterocycles. The summed E-state index contributed by atoms with van der Waals surface area (Å²) in [6.07, 6.45) is 10.6. The molecule has 0 amide bonds. The first-order valence-corrected chi connectivity index (χ1v) is 9.43. The number of halogens is 2. The van der Waals surface area contributed by atoms with Gasteiger partial charge in [-0.1, -0.05) is 56.9 Å². The van der Waals surface area contributed by atoms with Crippen molar-refractivity contribution in [2.45, 2.75) is 76.7 Å². The minimum atomic E-state index is -1.64. The normalized spacial score (nSPS) is 20.8. The quantitative estimate of drug-likeness (QED) is 0.444. The highest BCUT2D eigenvalue weighted by Crippen LogP contribution is 2.34. The summed E-state index contributed by atoms with van der Waals surface area (Å²) in [6, 6.07) is 7.56. The summed E-state index contributed by atoms with van der Waals surface area (Å²) in [7, 11) is 0. The Balaban J connectivity index is 1.68. The maximum Gasteiger partial charge on any atom is 0.270 e. The van der Waals surface area contributed by atoms with Gasteiger partial charge in [-0.3, -0.25) is 0 Å². The molecule has 1 aromatic rings. The molecule has 1 nitrogen and oxygen atoms in total. The summed E-state index contributed by atoms with van der Waals surface area (Å²) in [5.74, 6) is 0.544. The van der Waals surface area contributed by atoms with E-state index in [-0.39, 0.29) is 0 Å². The van der Waals surface area contributed by atoms with Crippen LogP contribution < -0.4 is 0 Å². The molecule has 0 radical (unpaired) electrons. The third-order valence-electron chi connectivity index (χ3n) is 4.96. The second kappa shape index (κ2) is 10.6. The minimum absolute atomic E-state index is 0.412. The number of rotatable bonds is 9. The molecule has 24 heavy (non-hydrogen) atoms. The first-order chi connectivity index (χ1) is 11.7. The predicted molar refractivity (Wildman–Crippen MR) is 96.3 cm³/mol. The molecule has 0 N–H and O–H groups in total. The van der Waals surface area contributed by atoms with Crippen molar-refractivity contribution in [3.63, 3.8) is 0 Å². The first kappa shape index (κ1) is 19.1. The highest BCUT2D eigenvalue weighted by molar-refractivity contribution is 5.50. The molecular formula is C21H30F2O. The number of unbranched alkanes of at least 4 members (excludes halogenated alkanes) is 4. The van der Waals surface area contributed by atoms with E-state index < -0.39 is 6.08 Å². The van der Waals surface area contributed by atoms with Gasteiger partial charge in [0.15, 0.2) is 0 Å². The Hall–Kier alpha value is -1.22. The Bertz CT molecular complexity index is 483. The van der Waals surface area contributed by atoms with Gasteiger partial charge in [0.25, 0.3) is 6.08 Å². The summed E-state index contributed by atoms with van der Waals surface area (Å²) in [6.45, 7) is 3.13. The molecule has 0 spiro atoms. The van der Waals surface area contributed by atoms with Crippen molar-refractivity contribution in [3.05, 3.63) is 41.5 Å². The standard InChI is InChI=1S/C21H30F2O/c1-2-3-4-5-6-15-24-20-13-11-19(12-14-20)18-9-7-17(8-10-18)16-21(22)23/h7-10,16,19-20H,2-6,11-15H2,1H3/t19-,20-. The molecule has 0 unspecified atom stereocenters. The Labute approximate surface area is 145 Å². The molecule has 3 heteroatoms. The number of benzene rings is 1. The number of hydrogen-bond acceptors (Lipinski definition) is 1. The van der Waals surface area contributed by atoms with E-state index in [2.05, 4.69) is 6.92 Å². The van der Waals surface area contributed by atoms with Gasteiger partial charge < -0.3 is 4.74 Å². The lowest BCUT2D eigenvalue weighted by molar-refractivity contribution is 0.0226. The van der Waals surface area contributed by atoms with Gasteiger partial charge >= 0.3 is 0 Å². The van der Waals surface area contributed by atoms with Gasteiger partial charge in [0.2, 0.25) is 0 Å². The van der Waals surface area contributed by atoms with Crippen LogP contribution in [-0.4, -0.2) is 12.7 Å². The second-order valence-corrected chi connectivity index (χ2v) is 6.86. The topological polar surface area (TPSA) is 9.23 Å². The summed E-state index contributed by atoms with van der Waals surface area (Å²) < 4.78 is 30.5. The van der Waals surface area contributed by atoms with Crippen LogP contribution in [0.15, 0.2) is 30.3 Å². The molecule has 0 aromatic heterocycles. The second-order valence-electron chi connectivity index (χ2n) is 6.86. The van der Waals surface area contributed by atoms with E-state index in [9.17, 15) is 8.78 Å². The zero-order valence-electron chi connectivity index (χ0n) is 14.8. The molecular weight excluding hydrogens is 306 g/mol. The van der Waals surface area contributed by atoms with Crippen LogP contribution in [-0.2, 0) is 4.74 Å². The fourth-order valence-corrected chi connectivity index (χ4v) is 3.51. The lowest BCUT2D eigenvalue weighted by Gasteiger charge is -2.29. The maximum absolute atomic E-state index is 12.3. The van der Waals surface area contributed by atoms with Gasteiger partial charge in [-0.25, -0.2) is 0 Å². The van der Waals surface area contributed by atoms with Crippen LogP contribution >= 0.6 is 0 Å². The van der Waals surface area contributed by atoms with Crippen LogP contribution in [0.1, 0.15) is 81.8 Å². The monoisotopic (exact) mass is 336 g/mol. The van der Waals surface area contributed by atoms with E-state index in [4.69, 9.17) is 4.74 Å². The number of hydrogen-bond donors (Lipinski definition) is 0. The third kappa shape index (κ3) is 6.72. The maximum atomic E-state index is 12.3. The van der Waals surface area contributed by atoms with Crippen molar-refractivity contribution in [2.24, 2.45) is 0 Å². The van der Waals surface area contributed by atoms with Crippen molar-refractivity contribution in [3.8, 4) is 0 Å². The fraction of sp³-hybridized carbons (Fsp3) is 0.619. The van der Waals surface area contributed by atoms with Gasteiger partial charge in [-0.15, -0.1) is 0 Å². The van der Waals surface area contributed by atoms with Crippen molar-refractivity contribution < 1.29 is 13.5 Å². The van der Waals surface area contributed by atoms with Gasteiger partial charge in [0.05, 0.1) is 6.10 Å². The fourth-order valence-electron chi connectivity index (χ4n) is 3.51. The van der Waals surface area contributed by atoms with E-state index in [1.54, 1.807) is 12.1 Å². The van der Waals surface area contributed by atoms with Gasteiger partial charge in [0, 0.05) is 12.7 Å². The smallest absolute Gasteiger partial charge is 0.270 e. The lowest BCUT2D eigenvalue weighted by atomic mass is 9.82. The van der Waals surface area contributed by atoms with Gasteiger partial charge in [-0.05, 0) is 49.1 Å². The molecule has 134 valence electrons. The first-order valence-electron chi connectivity index (χ1n) is 9.43. The van der Waals surface area contributed by atoms with E-state index in [1.165, 1.54) is 37.7 Å². The number of ether oxygens (including phenoxy) is 1. The Kier molecular flexibility index (Phi) is 8.44. The molecule has 1 aromatic carbocycles. The molecule has 0 aliphatic heterocycles. The molecule has 2 rings (SSSR count).